The average Bonchev–Trinajstić information content (AvgIpc) is 2.52. The predicted octanol–water partition coefficient (Wildman–Crippen LogP) is 3.91. The highest BCUT2D eigenvalue weighted by Crippen LogP contribution is 2.36. The van der Waals surface area contributed by atoms with Crippen molar-refractivity contribution >= 4 is 27.7 Å². The SMILES string of the molecule is COC(=O)c1cccc(OS(=O)(=O)c2ccc(Cl)cc2C(F)(F)F)c1. The van der Waals surface area contributed by atoms with Gasteiger partial charge in [0, 0.05) is 5.02 Å². The summed E-state index contributed by atoms with van der Waals surface area (Å²) in [6, 6.07) is 7.02. The Labute approximate surface area is 146 Å². The van der Waals surface area contributed by atoms with Gasteiger partial charge in [0.15, 0.2) is 0 Å². The van der Waals surface area contributed by atoms with Gasteiger partial charge < -0.3 is 8.92 Å². The molecule has 0 atom stereocenters. The molecular weight excluding hydrogens is 385 g/mol. The zero-order chi connectivity index (χ0) is 18.8. The maximum Gasteiger partial charge on any atom is 0.417 e. The van der Waals surface area contributed by atoms with E-state index in [0.29, 0.717) is 12.1 Å². The number of carbonyl (C=O) groups is 1. The maximum atomic E-state index is 13.1. The molecule has 0 saturated carbocycles. The molecule has 134 valence electrons. The number of ether oxygens (including phenoxy) is 1. The monoisotopic (exact) mass is 394 g/mol. The maximum absolute atomic E-state index is 13.1. The number of carbonyl (C=O) groups excluding carboxylic acids is 1. The van der Waals surface area contributed by atoms with Gasteiger partial charge >= 0.3 is 22.3 Å². The van der Waals surface area contributed by atoms with Crippen LogP contribution in [-0.2, 0) is 21.0 Å². The topological polar surface area (TPSA) is 69.7 Å². The van der Waals surface area contributed by atoms with Crippen LogP contribution in [0, 0.1) is 0 Å². The summed E-state index contributed by atoms with van der Waals surface area (Å²) < 4.78 is 72.9. The molecule has 2 aromatic carbocycles. The van der Waals surface area contributed by atoms with Gasteiger partial charge in [-0.15, -0.1) is 0 Å². The van der Waals surface area contributed by atoms with E-state index in [-0.39, 0.29) is 16.3 Å². The van der Waals surface area contributed by atoms with Crippen molar-refractivity contribution in [3.8, 4) is 5.75 Å². The fourth-order valence-electron chi connectivity index (χ4n) is 1.91. The third-order valence-electron chi connectivity index (χ3n) is 2.98. The van der Waals surface area contributed by atoms with Crippen LogP contribution in [-0.4, -0.2) is 21.5 Å². The minimum Gasteiger partial charge on any atom is -0.465 e. The van der Waals surface area contributed by atoms with E-state index in [9.17, 15) is 26.4 Å². The third-order valence-corrected chi connectivity index (χ3v) is 4.52. The van der Waals surface area contributed by atoms with Gasteiger partial charge in [0.25, 0.3) is 0 Å². The number of benzene rings is 2. The Bertz CT molecular complexity index is 910. The molecule has 0 radical (unpaired) electrons. The van der Waals surface area contributed by atoms with Gasteiger partial charge in [-0.2, -0.15) is 21.6 Å². The molecule has 0 saturated heterocycles. The molecule has 2 rings (SSSR count). The number of methoxy groups -OCH3 is 1. The molecule has 10 heteroatoms. The summed E-state index contributed by atoms with van der Waals surface area (Å²) in [6.07, 6.45) is -4.95. The van der Waals surface area contributed by atoms with Crippen molar-refractivity contribution in [2.24, 2.45) is 0 Å². The molecule has 0 fully saturated rings. The smallest absolute Gasteiger partial charge is 0.417 e. The molecule has 5 nitrogen and oxygen atoms in total. The molecule has 25 heavy (non-hydrogen) atoms. The second kappa shape index (κ2) is 6.93. The lowest BCUT2D eigenvalue weighted by molar-refractivity contribution is -0.139. The summed E-state index contributed by atoms with van der Waals surface area (Å²) in [5.74, 6) is -1.10. The molecular formula is C15H10ClF3O5S. The molecule has 0 heterocycles. The quantitative estimate of drug-likeness (QED) is 0.581. The van der Waals surface area contributed by atoms with Crippen molar-refractivity contribution in [2.45, 2.75) is 11.1 Å². The Balaban J connectivity index is 2.46. The lowest BCUT2D eigenvalue weighted by atomic mass is 10.2. The van der Waals surface area contributed by atoms with Crippen molar-refractivity contribution in [2.75, 3.05) is 7.11 Å². The van der Waals surface area contributed by atoms with Gasteiger partial charge in [0.05, 0.1) is 18.2 Å². The van der Waals surface area contributed by atoms with Gasteiger partial charge in [-0.25, -0.2) is 4.79 Å². The van der Waals surface area contributed by atoms with Crippen molar-refractivity contribution in [1.29, 1.82) is 0 Å². The number of hydrogen-bond acceptors (Lipinski definition) is 5. The van der Waals surface area contributed by atoms with Gasteiger partial charge in [0.1, 0.15) is 10.6 Å². The highest BCUT2D eigenvalue weighted by Gasteiger charge is 2.38. The molecule has 0 amide bonds. The van der Waals surface area contributed by atoms with Gasteiger partial charge in [-0.1, -0.05) is 17.7 Å². The molecule has 0 spiro atoms. The predicted molar refractivity (Wildman–Crippen MR) is 82.0 cm³/mol. The highest BCUT2D eigenvalue weighted by molar-refractivity contribution is 7.87. The van der Waals surface area contributed by atoms with Crippen LogP contribution in [0.15, 0.2) is 47.4 Å². The number of hydrogen-bond donors (Lipinski definition) is 0. The first-order chi connectivity index (χ1) is 11.5. The van der Waals surface area contributed by atoms with E-state index in [4.69, 9.17) is 15.8 Å². The minimum absolute atomic E-state index is 0.0256. The number of halogens is 4. The summed E-state index contributed by atoms with van der Waals surface area (Å²) >= 11 is 5.52. The van der Waals surface area contributed by atoms with Crippen molar-refractivity contribution in [1.82, 2.24) is 0 Å². The van der Waals surface area contributed by atoms with Crippen LogP contribution >= 0.6 is 11.6 Å². The van der Waals surface area contributed by atoms with E-state index in [1.807, 2.05) is 0 Å². The second-order valence-corrected chi connectivity index (χ2v) is 6.65. The molecule has 0 N–H and O–H groups in total. The first-order valence-electron chi connectivity index (χ1n) is 6.54. The summed E-state index contributed by atoms with van der Waals surface area (Å²) in [5.41, 5.74) is -1.48. The summed E-state index contributed by atoms with van der Waals surface area (Å²) in [7, 11) is -3.70. The van der Waals surface area contributed by atoms with Crippen LogP contribution in [0.1, 0.15) is 15.9 Å². The highest BCUT2D eigenvalue weighted by atomic mass is 35.5. The number of alkyl halides is 3. The van der Waals surface area contributed by atoms with Crippen LogP contribution in [0.4, 0.5) is 13.2 Å². The van der Waals surface area contributed by atoms with E-state index in [2.05, 4.69) is 4.74 Å². The Morgan fingerprint density at radius 3 is 2.40 bits per heavy atom. The van der Waals surface area contributed by atoms with Crippen molar-refractivity contribution in [3.63, 3.8) is 0 Å². The van der Waals surface area contributed by atoms with Crippen LogP contribution in [0.2, 0.25) is 5.02 Å². The summed E-state index contributed by atoms with van der Waals surface area (Å²) in [4.78, 5) is 10.3. The molecule has 2 aromatic rings. The Morgan fingerprint density at radius 1 is 1.12 bits per heavy atom. The molecule has 0 aliphatic carbocycles. The van der Waals surface area contributed by atoms with Crippen LogP contribution < -0.4 is 4.18 Å². The van der Waals surface area contributed by atoms with Crippen LogP contribution in [0.5, 0.6) is 5.75 Å². The fraction of sp³-hybridized carbons (Fsp3) is 0.133. The summed E-state index contributed by atoms with van der Waals surface area (Å²) in [6.45, 7) is 0. The first-order valence-corrected chi connectivity index (χ1v) is 8.33. The average molecular weight is 395 g/mol. The summed E-state index contributed by atoms with van der Waals surface area (Å²) in [5, 5.41) is -0.279. The Morgan fingerprint density at radius 2 is 1.80 bits per heavy atom. The van der Waals surface area contributed by atoms with Gasteiger partial charge in [-0.3, -0.25) is 0 Å². The lowest BCUT2D eigenvalue weighted by Crippen LogP contribution is -2.17. The standard InChI is InChI=1S/C15H10ClF3O5S/c1-23-14(20)9-3-2-4-11(7-9)24-25(21,22)13-6-5-10(16)8-12(13)15(17,18)19/h2-8H,1H3. The molecule has 0 aromatic heterocycles. The van der Waals surface area contributed by atoms with E-state index in [0.717, 1.165) is 19.2 Å². The van der Waals surface area contributed by atoms with E-state index < -0.39 is 32.7 Å². The lowest BCUT2D eigenvalue weighted by Gasteiger charge is -2.14. The normalized spacial score (nSPS) is 11.9. The zero-order valence-corrected chi connectivity index (χ0v) is 14.1. The van der Waals surface area contributed by atoms with E-state index in [1.54, 1.807) is 0 Å². The van der Waals surface area contributed by atoms with Gasteiger partial charge in [0.2, 0.25) is 0 Å². The largest absolute Gasteiger partial charge is 0.465 e. The number of rotatable bonds is 4. The Hall–Kier alpha value is -2.26. The fourth-order valence-corrected chi connectivity index (χ4v) is 3.20. The van der Waals surface area contributed by atoms with E-state index >= 15 is 0 Å². The van der Waals surface area contributed by atoms with Crippen molar-refractivity contribution in [3.05, 3.63) is 58.6 Å². The zero-order valence-electron chi connectivity index (χ0n) is 12.5. The molecule has 0 unspecified atom stereocenters. The second-order valence-electron chi connectivity index (χ2n) is 4.70. The van der Waals surface area contributed by atoms with Crippen molar-refractivity contribution < 1.29 is 35.3 Å². The molecule has 0 aliphatic heterocycles. The molecule has 0 aliphatic rings. The Kier molecular flexibility index (Phi) is 5.28. The van der Waals surface area contributed by atoms with E-state index in [1.165, 1.54) is 18.2 Å². The van der Waals surface area contributed by atoms with Crippen LogP contribution in [0.25, 0.3) is 0 Å². The molecule has 0 bridgehead atoms. The van der Waals surface area contributed by atoms with Gasteiger partial charge in [-0.05, 0) is 36.4 Å². The number of esters is 1. The third kappa shape index (κ3) is 4.43. The first kappa shape index (κ1) is 19.1. The minimum atomic E-state index is -4.95. The van der Waals surface area contributed by atoms with Crippen LogP contribution in [0.3, 0.4) is 0 Å².